The molecule has 0 aromatic rings. The lowest BCUT2D eigenvalue weighted by Crippen LogP contribution is -2.51. The molecule has 0 saturated heterocycles. The normalized spacial score (nSPS) is 33.6. The lowest BCUT2D eigenvalue weighted by Gasteiger charge is -2.58. The minimum Gasteiger partial charge on any atom is -0.870 e. The van der Waals surface area contributed by atoms with Crippen molar-refractivity contribution in [1.29, 1.82) is 0 Å². The molecule has 48 heavy (non-hydrogen) atoms. The van der Waals surface area contributed by atoms with Gasteiger partial charge in [0.05, 0.1) is 66.9 Å². The minimum atomic E-state index is -4.04. The van der Waals surface area contributed by atoms with E-state index in [1.807, 2.05) is 21.1 Å². The first-order valence-corrected chi connectivity index (χ1v) is 20.5. The standard InChI is InChI=1S/C38H70NO7P.H2O/c1-29(2)10-9-11-30(3)34-14-15-35-33-13-12-31-28-32(16-18-37(31,4)36(33)17-19-38(34,35)5)44-26-24-42-22-23-43-25-27-46-47(40,41)45-21-20-39(6,7)8;/h12,29-30,32-36H,9-11,13-28H2,1-8H3;1H2/t30-,32+,33+,34-,35+,36+,37+,38-;/m1./s1. The Bertz CT molecular complexity index is 1050. The van der Waals surface area contributed by atoms with E-state index in [1.165, 1.54) is 57.8 Å². The van der Waals surface area contributed by atoms with Gasteiger partial charge in [-0.25, -0.2) is 4.57 Å². The van der Waals surface area contributed by atoms with Gasteiger partial charge in [-0.15, -0.1) is 0 Å². The third-order valence-corrected chi connectivity index (χ3v) is 13.7. The number of rotatable bonds is 20. The maximum absolute atomic E-state index is 11.9. The Kier molecular flexibility index (Phi) is 16.1. The molecule has 4 aliphatic carbocycles. The van der Waals surface area contributed by atoms with Crippen molar-refractivity contribution in [3.63, 3.8) is 0 Å². The van der Waals surface area contributed by atoms with Crippen molar-refractivity contribution >= 4 is 7.82 Å². The molecule has 2 N–H and O–H groups in total. The second-order valence-corrected chi connectivity index (χ2v) is 18.9. The van der Waals surface area contributed by atoms with E-state index >= 15 is 0 Å². The van der Waals surface area contributed by atoms with Crippen molar-refractivity contribution in [3.05, 3.63) is 11.6 Å². The molecule has 0 amide bonds. The van der Waals surface area contributed by atoms with Gasteiger partial charge in [0, 0.05) is 0 Å². The van der Waals surface area contributed by atoms with Crippen LogP contribution in [0.2, 0.25) is 0 Å². The molecule has 3 saturated carbocycles. The van der Waals surface area contributed by atoms with Crippen molar-refractivity contribution < 1.29 is 42.7 Å². The fourth-order valence-corrected chi connectivity index (χ4v) is 10.8. The largest absolute Gasteiger partial charge is 0.870 e. The van der Waals surface area contributed by atoms with Crippen LogP contribution in [0.1, 0.15) is 105 Å². The Balaban J connectivity index is 0.00000625. The Morgan fingerprint density at radius 2 is 1.54 bits per heavy atom. The first-order valence-electron chi connectivity index (χ1n) is 19.0. The summed E-state index contributed by atoms with van der Waals surface area (Å²) in [5.74, 6) is 5.23. The van der Waals surface area contributed by atoms with Crippen LogP contribution in [0.15, 0.2) is 11.6 Å². The average molecular weight is 702 g/mol. The molecule has 0 aromatic heterocycles. The number of hydrogen-bond acceptors (Lipinski definition) is 7. The van der Waals surface area contributed by atoms with Gasteiger partial charge < -0.3 is 29.1 Å². The van der Waals surface area contributed by atoms with Gasteiger partial charge in [0.2, 0.25) is 0 Å². The molecular weight excluding hydrogens is 629 g/mol. The van der Waals surface area contributed by atoms with Gasteiger partial charge in [0.1, 0.15) is 13.2 Å². The second-order valence-electron chi connectivity index (χ2n) is 17.4. The predicted octanol–water partition coefficient (Wildman–Crippen LogP) is 8.11. The van der Waals surface area contributed by atoms with E-state index in [2.05, 4.69) is 40.7 Å². The summed E-state index contributed by atoms with van der Waals surface area (Å²) >= 11 is 0. The molecule has 0 spiro atoms. The third-order valence-electron chi connectivity index (χ3n) is 12.7. The molecule has 0 aromatic carbocycles. The topological polar surface area (TPSA) is 113 Å². The Labute approximate surface area is 293 Å². The maximum Gasteiger partial charge on any atom is 0.472 e. The van der Waals surface area contributed by atoms with Crippen LogP contribution in [0.4, 0.5) is 0 Å². The lowest BCUT2D eigenvalue weighted by molar-refractivity contribution is -0.870. The molecule has 3 fully saturated rings. The lowest BCUT2D eigenvalue weighted by atomic mass is 9.47. The minimum absolute atomic E-state index is 0. The Morgan fingerprint density at radius 3 is 2.23 bits per heavy atom. The number of phosphoric acid groups is 1. The van der Waals surface area contributed by atoms with Crippen molar-refractivity contribution in [1.82, 2.24) is 0 Å². The van der Waals surface area contributed by atoms with E-state index in [1.54, 1.807) is 5.57 Å². The summed E-state index contributed by atoms with van der Waals surface area (Å²) in [6.45, 7) is 15.6. The zero-order valence-electron chi connectivity index (χ0n) is 31.8. The van der Waals surface area contributed by atoms with Crippen LogP contribution in [-0.2, 0) is 27.8 Å². The smallest absolute Gasteiger partial charge is 0.472 e. The van der Waals surface area contributed by atoms with Gasteiger partial charge in [-0.1, -0.05) is 65.5 Å². The van der Waals surface area contributed by atoms with E-state index in [9.17, 15) is 9.46 Å². The number of fused-ring (bicyclic) bond motifs is 5. The van der Waals surface area contributed by atoms with Crippen molar-refractivity contribution in [2.24, 2.45) is 46.3 Å². The fourth-order valence-electron chi connectivity index (χ4n) is 10.1. The first kappa shape index (κ1) is 42.1. The Hall–Kier alpha value is -0.350. The average Bonchev–Trinajstić information content (AvgIpc) is 3.34. The zero-order valence-corrected chi connectivity index (χ0v) is 32.7. The molecule has 4 aliphatic rings. The molecule has 4 rings (SSSR count). The molecule has 9 nitrogen and oxygen atoms in total. The summed E-state index contributed by atoms with van der Waals surface area (Å²) in [5, 5.41) is 0. The van der Waals surface area contributed by atoms with Crippen LogP contribution < -0.4 is 0 Å². The van der Waals surface area contributed by atoms with E-state index in [-0.39, 0.29) is 31.4 Å². The van der Waals surface area contributed by atoms with Gasteiger partial charge >= 0.3 is 7.82 Å². The van der Waals surface area contributed by atoms with Crippen molar-refractivity contribution in [2.45, 2.75) is 111 Å². The molecule has 1 unspecified atom stereocenters. The quantitative estimate of drug-likeness (QED) is 0.0587. The van der Waals surface area contributed by atoms with Gasteiger partial charge in [0.15, 0.2) is 0 Å². The third kappa shape index (κ3) is 11.3. The number of hydrogen-bond donors (Lipinski definition) is 1. The van der Waals surface area contributed by atoms with Gasteiger partial charge in [-0.2, -0.15) is 0 Å². The van der Waals surface area contributed by atoms with E-state index in [0.717, 1.165) is 48.3 Å². The summed E-state index contributed by atoms with van der Waals surface area (Å²) in [7, 11) is 1.93. The van der Waals surface area contributed by atoms with Crippen LogP contribution in [0.5, 0.6) is 0 Å². The molecule has 282 valence electrons. The second kappa shape index (κ2) is 18.4. The number of nitrogens with zero attached hydrogens (tertiary/aromatic N) is 1. The summed E-state index contributed by atoms with van der Waals surface area (Å²) in [6.07, 6.45) is 17.7. The van der Waals surface area contributed by atoms with Crippen LogP contribution in [0, 0.1) is 46.3 Å². The highest BCUT2D eigenvalue weighted by Crippen LogP contribution is 2.67. The van der Waals surface area contributed by atoms with Crippen LogP contribution in [0.25, 0.3) is 0 Å². The van der Waals surface area contributed by atoms with Crippen LogP contribution in [0.3, 0.4) is 0 Å². The predicted molar refractivity (Wildman–Crippen MR) is 191 cm³/mol. The Morgan fingerprint density at radius 1 is 0.875 bits per heavy atom. The fraction of sp³-hybridized carbons (Fsp3) is 0.947. The van der Waals surface area contributed by atoms with Crippen LogP contribution >= 0.6 is 7.82 Å². The molecule has 0 bridgehead atoms. The van der Waals surface area contributed by atoms with E-state index in [4.69, 9.17) is 23.3 Å². The van der Waals surface area contributed by atoms with E-state index in [0.29, 0.717) is 48.3 Å². The van der Waals surface area contributed by atoms with E-state index < -0.39 is 7.82 Å². The van der Waals surface area contributed by atoms with Gasteiger partial charge in [-0.05, 0) is 97.7 Å². The monoisotopic (exact) mass is 701 g/mol. The molecule has 0 heterocycles. The molecule has 0 radical (unpaired) electrons. The highest BCUT2D eigenvalue weighted by atomic mass is 31.2. The number of quaternary nitrogens is 1. The highest BCUT2D eigenvalue weighted by Gasteiger charge is 2.59. The summed E-state index contributed by atoms with van der Waals surface area (Å²) < 4.78 is 40.1. The molecule has 10 heteroatoms. The van der Waals surface area contributed by atoms with Gasteiger partial charge in [0.25, 0.3) is 0 Å². The SMILES string of the molecule is CC(C)CCC[C@@H](C)[C@H]1CC[C@H]2[C@@H]3CC=C4C[C@@H](OCCOCCOCCOP(=O)(O)OCC[N+](C)(C)C)CC[C@]4(C)[C@H]3CC[C@]12C.[OH-]. The van der Waals surface area contributed by atoms with Crippen molar-refractivity contribution in [3.8, 4) is 0 Å². The molecule has 0 aliphatic heterocycles. The van der Waals surface area contributed by atoms with Crippen LogP contribution in [-0.4, -0.2) is 94.9 Å². The maximum atomic E-state index is 11.9. The van der Waals surface area contributed by atoms with Gasteiger partial charge in [-0.3, -0.25) is 9.05 Å². The number of allylic oxidation sites excluding steroid dienone is 1. The number of ether oxygens (including phenoxy) is 3. The summed E-state index contributed by atoms with van der Waals surface area (Å²) in [6, 6.07) is 0. The number of likely N-dealkylation sites (N-methyl/N-ethyl adjacent to an activating group) is 1. The summed E-state index contributed by atoms with van der Waals surface area (Å²) in [4.78, 5) is 9.76. The van der Waals surface area contributed by atoms with Crippen molar-refractivity contribution in [2.75, 3.05) is 73.9 Å². The summed E-state index contributed by atoms with van der Waals surface area (Å²) in [5.41, 5.74) is 2.57. The zero-order chi connectivity index (χ0) is 34.3. The molecule has 9 atom stereocenters. The number of phosphoric ester groups is 1. The first-order chi connectivity index (χ1) is 22.1. The molecular formula is C38H72NO8P. The highest BCUT2D eigenvalue weighted by molar-refractivity contribution is 7.47.